The van der Waals surface area contributed by atoms with E-state index in [1.165, 1.54) is 6.07 Å². The smallest absolute Gasteiger partial charge is 0.387 e. The van der Waals surface area contributed by atoms with Crippen molar-refractivity contribution in [2.45, 2.75) is 0 Å². The monoisotopic (exact) mass is 278 g/mol. The maximum atomic E-state index is 10.3. The quantitative estimate of drug-likeness (QED) is 0.642. The topological polar surface area (TPSA) is 127 Å². The first kappa shape index (κ1) is 14.9. The molecule has 0 aliphatic rings. The number of benzene rings is 2. The minimum Gasteiger partial charge on any atom is -0.508 e. The normalized spacial score (nSPS) is 9.20. The molecule has 8 nitrogen and oxygen atoms in total. The lowest BCUT2D eigenvalue weighted by Gasteiger charge is -1.95. The predicted octanol–water partition coefficient (Wildman–Crippen LogP) is 2.60. The summed E-state index contributed by atoms with van der Waals surface area (Å²) in [6.45, 7) is 0. The van der Waals surface area contributed by atoms with Crippen LogP contribution in [-0.4, -0.2) is 20.1 Å². The van der Waals surface area contributed by atoms with E-state index in [9.17, 15) is 20.2 Å². The van der Waals surface area contributed by atoms with Crippen LogP contribution in [0.3, 0.4) is 0 Å². The highest BCUT2D eigenvalue weighted by Crippen LogP contribution is 2.34. The number of phenolic OH excluding ortho intramolecular Hbond substituents is 2. The van der Waals surface area contributed by atoms with E-state index in [0.29, 0.717) is 5.75 Å². The van der Waals surface area contributed by atoms with Gasteiger partial charge in [-0.05, 0) is 18.2 Å². The molecule has 0 fully saturated rings. The first-order chi connectivity index (χ1) is 9.43. The number of aromatic hydroxyl groups is 2. The van der Waals surface area contributed by atoms with Gasteiger partial charge in [-0.25, -0.2) is 0 Å². The highest BCUT2D eigenvalue weighted by molar-refractivity contribution is 5.60. The second kappa shape index (κ2) is 6.69. The number of hydrogen-bond acceptors (Lipinski definition) is 6. The van der Waals surface area contributed by atoms with Gasteiger partial charge in [0.1, 0.15) is 5.75 Å². The maximum absolute atomic E-state index is 10.3. The number of nitro groups is 2. The lowest BCUT2D eigenvalue weighted by atomic mass is 10.2. The molecule has 0 heterocycles. The molecule has 0 amide bonds. The van der Waals surface area contributed by atoms with Crippen molar-refractivity contribution in [3.63, 3.8) is 0 Å². The number of para-hydroxylation sites is 2. The second-order valence-electron chi connectivity index (χ2n) is 3.49. The second-order valence-corrected chi connectivity index (χ2v) is 3.49. The van der Waals surface area contributed by atoms with Crippen LogP contribution in [0.25, 0.3) is 0 Å². The van der Waals surface area contributed by atoms with E-state index >= 15 is 0 Å². The van der Waals surface area contributed by atoms with E-state index < -0.39 is 27.0 Å². The number of nitrogens with zero attached hydrogens (tertiary/aromatic N) is 2. The van der Waals surface area contributed by atoms with E-state index in [1.54, 1.807) is 24.3 Å². The van der Waals surface area contributed by atoms with Gasteiger partial charge in [-0.3, -0.25) is 20.2 Å². The fourth-order valence-corrected chi connectivity index (χ4v) is 1.28. The standard InChI is InChI=1S/C6H4N2O5.C6H6O/c9-5-3-1-2-4(7(10)11)6(5)8(12)13;7-6-4-2-1-3-5-6/h1-3,9H;1-5,7H. The zero-order chi connectivity index (χ0) is 15.1. The van der Waals surface area contributed by atoms with E-state index in [4.69, 9.17) is 10.2 Å². The summed E-state index contributed by atoms with van der Waals surface area (Å²) in [5, 5.41) is 38.2. The van der Waals surface area contributed by atoms with Gasteiger partial charge in [0.15, 0.2) is 0 Å². The third kappa shape index (κ3) is 3.95. The average molecular weight is 278 g/mol. The van der Waals surface area contributed by atoms with Gasteiger partial charge < -0.3 is 10.2 Å². The third-order valence-electron chi connectivity index (χ3n) is 2.13. The Kier molecular flexibility index (Phi) is 4.98. The Morgan fingerprint density at radius 3 is 1.75 bits per heavy atom. The number of rotatable bonds is 2. The van der Waals surface area contributed by atoms with Crippen LogP contribution in [0, 0.1) is 20.2 Å². The maximum Gasteiger partial charge on any atom is 0.387 e. The van der Waals surface area contributed by atoms with Crippen LogP contribution >= 0.6 is 0 Å². The predicted molar refractivity (Wildman–Crippen MR) is 69.5 cm³/mol. The molecular formula is C12H10N2O6. The molecule has 0 aliphatic heterocycles. The van der Waals surface area contributed by atoms with E-state index in [2.05, 4.69) is 0 Å². The fourth-order valence-electron chi connectivity index (χ4n) is 1.28. The first-order valence-corrected chi connectivity index (χ1v) is 5.28. The minimum absolute atomic E-state index is 0.322. The van der Waals surface area contributed by atoms with E-state index in [0.717, 1.165) is 12.1 Å². The van der Waals surface area contributed by atoms with Gasteiger partial charge in [0.25, 0.3) is 0 Å². The van der Waals surface area contributed by atoms with Crippen LogP contribution in [0.1, 0.15) is 0 Å². The summed E-state index contributed by atoms with van der Waals surface area (Å²) in [7, 11) is 0. The van der Waals surface area contributed by atoms with Gasteiger partial charge in [-0.15, -0.1) is 0 Å². The molecule has 2 rings (SSSR count). The van der Waals surface area contributed by atoms with Crippen molar-refractivity contribution in [3.05, 3.63) is 68.8 Å². The molecule has 0 bridgehead atoms. The summed E-state index contributed by atoms with van der Waals surface area (Å²) in [4.78, 5) is 18.6. The third-order valence-corrected chi connectivity index (χ3v) is 2.13. The molecule has 0 spiro atoms. The van der Waals surface area contributed by atoms with Crippen LogP contribution < -0.4 is 0 Å². The van der Waals surface area contributed by atoms with Crippen molar-refractivity contribution in [2.24, 2.45) is 0 Å². The Morgan fingerprint density at radius 2 is 1.40 bits per heavy atom. The summed E-state index contributed by atoms with van der Waals surface area (Å²) in [6.07, 6.45) is 0. The summed E-state index contributed by atoms with van der Waals surface area (Å²) in [6, 6.07) is 11.9. The van der Waals surface area contributed by atoms with Gasteiger partial charge in [0.05, 0.1) is 9.85 Å². The molecule has 8 heteroatoms. The minimum atomic E-state index is -0.993. The molecule has 2 aromatic carbocycles. The summed E-state index contributed by atoms with van der Waals surface area (Å²) >= 11 is 0. The van der Waals surface area contributed by atoms with Crippen molar-refractivity contribution in [2.75, 3.05) is 0 Å². The van der Waals surface area contributed by atoms with Crippen LogP contribution in [0.5, 0.6) is 11.5 Å². The van der Waals surface area contributed by atoms with Gasteiger partial charge in [0, 0.05) is 6.07 Å². The summed E-state index contributed by atoms with van der Waals surface area (Å²) < 4.78 is 0. The van der Waals surface area contributed by atoms with E-state index in [-0.39, 0.29) is 0 Å². The SMILES string of the molecule is O=[N+]([O-])c1cccc(O)c1[N+](=O)[O-].Oc1ccccc1. The Balaban J connectivity index is 0.000000240. The largest absolute Gasteiger partial charge is 0.508 e. The summed E-state index contributed by atoms with van der Waals surface area (Å²) in [5.41, 5.74) is -1.60. The van der Waals surface area contributed by atoms with Gasteiger partial charge in [0.2, 0.25) is 5.75 Å². The first-order valence-electron chi connectivity index (χ1n) is 5.28. The van der Waals surface area contributed by atoms with Crippen molar-refractivity contribution in [1.29, 1.82) is 0 Å². The van der Waals surface area contributed by atoms with E-state index in [1.807, 2.05) is 6.07 Å². The molecule has 0 saturated carbocycles. The van der Waals surface area contributed by atoms with Crippen LogP contribution in [0.2, 0.25) is 0 Å². The molecule has 2 aromatic rings. The van der Waals surface area contributed by atoms with Gasteiger partial charge >= 0.3 is 11.4 Å². The molecule has 104 valence electrons. The zero-order valence-electron chi connectivity index (χ0n) is 10.0. The van der Waals surface area contributed by atoms with Crippen LogP contribution in [0.15, 0.2) is 48.5 Å². The van der Waals surface area contributed by atoms with Gasteiger partial charge in [-0.1, -0.05) is 24.3 Å². The lowest BCUT2D eigenvalue weighted by Crippen LogP contribution is -1.96. The highest BCUT2D eigenvalue weighted by atomic mass is 16.6. The number of phenols is 2. The lowest BCUT2D eigenvalue weighted by molar-refractivity contribution is -0.423. The molecule has 0 atom stereocenters. The molecule has 0 saturated heterocycles. The Hall–Kier alpha value is -3.16. The molecule has 0 aromatic heterocycles. The number of nitro benzene ring substituents is 2. The molecule has 2 N–H and O–H groups in total. The zero-order valence-corrected chi connectivity index (χ0v) is 10.0. The molecule has 20 heavy (non-hydrogen) atoms. The molecular weight excluding hydrogens is 268 g/mol. The average Bonchev–Trinajstić information content (AvgIpc) is 2.39. The molecule has 0 radical (unpaired) electrons. The Bertz CT molecular complexity index is 615. The fraction of sp³-hybridized carbons (Fsp3) is 0. The van der Waals surface area contributed by atoms with Crippen molar-refractivity contribution < 1.29 is 20.1 Å². The number of hydrogen-bond donors (Lipinski definition) is 2. The highest BCUT2D eigenvalue weighted by Gasteiger charge is 2.27. The van der Waals surface area contributed by atoms with Crippen LogP contribution in [0.4, 0.5) is 11.4 Å². The van der Waals surface area contributed by atoms with Gasteiger partial charge in [-0.2, -0.15) is 0 Å². The Morgan fingerprint density at radius 1 is 0.800 bits per heavy atom. The Labute approximate surface area is 112 Å². The van der Waals surface area contributed by atoms with Crippen molar-refractivity contribution >= 4 is 11.4 Å². The molecule has 0 unspecified atom stereocenters. The molecule has 0 aliphatic carbocycles. The van der Waals surface area contributed by atoms with Crippen molar-refractivity contribution in [3.8, 4) is 11.5 Å². The summed E-state index contributed by atoms with van der Waals surface area (Å²) in [5.74, 6) is -0.387. The van der Waals surface area contributed by atoms with Crippen molar-refractivity contribution in [1.82, 2.24) is 0 Å². The van der Waals surface area contributed by atoms with Crippen LogP contribution in [-0.2, 0) is 0 Å².